The molecular formula is C14H14ClN3O2. The largest absolute Gasteiger partial charge is 0.335 e. The van der Waals surface area contributed by atoms with E-state index in [0.29, 0.717) is 5.56 Å². The van der Waals surface area contributed by atoms with Crippen molar-refractivity contribution >= 4 is 17.5 Å². The lowest BCUT2D eigenvalue weighted by Gasteiger charge is -2.25. The number of amides is 1. The number of hydrogen-bond acceptors (Lipinski definition) is 3. The highest BCUT2D eigenvalue weighted by Gasteiger charge is 2.19. The average molecular weight is 292 g/mol. The van der Waals surface area contributed by atoms with Gasteiger partial charge >= 0.3 is 0 Å². The van der Waals surface area contributed by atoms with Crippen LogP contribution in [0.3, 0.4) is 0 Å². The summed E-state index contributed by atoms with van der Waals surface area (Å²) >= 11 is 5.74. The fraction of sp³-hybridized carbons (Fsp3) is 0.214. The fourth-order valence-corrected chi connectivity index (χ4v) is 2.00. The average Bonchev–Trinajstić information content (AvgIpc) is 2.48. The van der Waals surface area contributed by atoms with Gasteiger partial charge in [-0.05, 0) is 30.7 Å². The molecule has 1 N–H and O–H groups in total. The molecule has 0 radical (unpaired) electrons. The number of halogens is 1. The maximum Gasteiger partial charge on any atom is 0.266 e. The van der Waals surface area contributed by atoms with Gasteiger partial charge in [0.15, 0.2) is 0 Å². The van der Waals surface area contributed by atoms with Crippen LogP contribution < -0.4 is 5.56 Å². The minimum Gasteiger partial charge on any atom is -0.335 e. The molecule has 2 aromatic heterocycles. The highest BCUT2D eigenvalue weighted by Crippen LogP contribution is 2.20. The highest BCUT2D eigenvalue weighted by atomic mass is 35.5. The van der Waals surface area contributed by atoms with E-state index in [0.717, 1.165) is 5.56 Å². The fourth-order valence-electron chi connectivity index (χ4n) is 1.82. The van der Waals surface area contributed by atoms with Crippen molar-refractivity contribution in [3.8, 4) is 0 Å². The highest BCUT2D eigenvalue weighted by molar-refractivity contribution is 6.30. The summed E-state index contributed by atoms with van der Waals surface area (Å²) in [6.45, 7) is 1.92. The van der Waals surface area contributed by atoms with Crippen molar-refractivity contribution in [2.75, 3.05) is 7.05 Å². The van der Waals surface area contributed by atoms with Crippen molar-refractivity contribution in [2.45, 2.75) is 13.0 Å². The number of rotatable bonds is 3. The summed E-state index contributed by atoms with van der Waals surface area (Å²) in [4.78, 5) is 31.5. The molecule has 1 amide bonds. The van der Waals surface area contributed by atoms with E-state index in [-0.39, 0.29) is 17.0 Å². The van der Waals surface area contributed by atoms with Gasteiger partial charge in [0, 0.05) is 25.6 Å². The third kappa shape index (κ3) is 2.88. The van der Waals surface area contributed by atoms with Gasteiger partial charge in [-0.2, -0.15) is 0 Å². The zero-order chi connectivity index (χ0) is 14.7. The van der Waals surface area contributed by atoms with Crippen molar-refractivity contribution in [1.82, 2.24) is 14.9 Å². The van der Waals surface area contributed by atoms with Gasteiger partial charge in [-0.15, -0.1) is 0 Å². The van der Waals surface area contributed by atoms with Gasteiger partial charge in [0.2, 0.25) is 0 Å². The van der Waals surface area contributed by atoms with Crippen molar-refractivity contribution in [1.29, 1.82) is 0 Å². The van der Waals surface area contributed by atoms with Crippen LogP contribution in [-0.4, -0.2) is 27.8 Å². The Kier molecular flexibility index (Phi) is 4.20. The molecule has 6 heteroatoms. The first-order valence-corrected chi connectivity index (χ1v) is 6.44. The van der Waals surface area contributed by atoms with Crippen molar-refractivity contribution < 1.29 is 4.79 Å². The molecule has 20 heavy (non-hydrogen) atoms. The molecular weight excluding hydrogens is 278 g/mol. The van der Waals surface area contributed by atoms with Crippen molar-refractivity contribution in [2.24, 2.45) is 0 Å². The molecule has 0 saturated carbocycles. The number of hydrogen-bond donors (Lipinski definition) is 1. The summed E-state index contributed by atoms with van der Waals surface area (Å²) in [5.74, 6) is -0.215. The van der Waals surface area contributed by atoms with Crippen LogP contribution in [-0.2, 0) is 0 Å². The van der Waals surface area contributed by atoms with E-state index in [9.17, 15) is 9.59 Å². The Labute approximate surface area is 121 Å². The summed E-state index contributed by atoms with van der Waals surface area (Å²) in [5.41, 5.74) is 0.914. The number of carbonyl (C=O) groups excluding carboxylic acids is 1. The van der Waals surface area contributed by atoms with Crippen LogP contribution in [0.1, 0.15) is 28.9 Å². The van der Waals surface area contributed by atoms with Gasteiger partial charge in [0.05, 0.1) is 11.6 Å². The van der Waals surface area contributed by atoms with E-state index in [2.05, 4.69) is 9.97 Å². The molecule has 0 spiro atoms. The number of nitrogens with zero attached hydrogens (tertiary/aromatic N) is 2. The Morgan fingerprint density at radius 1 is 1.40 bits per heavy atom. The molecule has 0 fully saturated rings. The third-order valence-corrected chi connectivity index (χ3v) is 3.48. The lowest BCUT2D eigenvalue weighted by molar-refractivity contribution is 0.0742. The lowest BCUT2D eigenvalue weighted by Crippen LogP contribution is -2.30. The predicted octanol–water partition coefficient (Wildman–Crippen LogP) is 2.26. The molecule has 0 bridgehead atoms. The van der Waals surface area contributed by atoms with E-state index in [1.807, 2.05) is 19.1 Å². The molecule has 1 atom stereocenters. The van der Waals surface area contributed by atoms with Crippen molar-refractivity contribution in [3.05, 3.63) is 63.3 Å². The molecule has 0 aliphatic carbocycles. The number of pyridine rings is 2. The zero-order valence-electron chi connectivity index (χ0n) is 11.1. The van der Waals surface area contributed by atoms with E-state index >= 15 is 0 Å². The number of aromatic amines is 1. The third-order valence-electron chi connectivity index (χ3n) is 3.19. The van der Waals surface area contributed by atoms with E-state index in [1.54, 1.807) is 24.3 Å². The summed E-state index contributed by atoms with van der Waals surface area (Å²) in [6, 6.07) is 4.97. The molecule has 1 unspecified atom stereocenters. The minimum atomic E-state index is -0.409. The number of aromatic nitrogens is 2. The van der Waals surface area contributed by atoms with Crippen molar-refractivity contribution in [3.63, 3.8) is 0 Å². The summed E-state index contributed by atoms with van der Waals surface area (Å²) < 4.78 is 0. The van der Waals surface area contributed by atoms with E-state index in [1.165, 1.54) is 12.3 Å². The maximum atomic E-state index is 12.4. The molecule has 5 nitrogen and oxygen atoms in total. The number of nitrogens with one attached hydrogen (secondary N) is 1. The molecule has 2 rings (SSSR count). The van der Waals surface area contributed by atoms with Crippen LogP contribution in [0, 0.1) is 0 Å². The topological polar surface area (TPSA) is 66.1 Å². The zero-order valence-corrected chi connectivity index (χ0v) is 11.9. The first-order chi connectivity index (χ1) is 9.50. The van der Waals surface area contributed by atoms with Gasteiger partial charge in [-0.25, -0.2) is 0 Å². The molecule has 0 aliphatic rings. The molecule has 2 aromatic rings. The minimum absolute atomic E-state index is 0.000754. The molecule has 0 saturated heterocycles. The Hall–Kier alpha value is -2.14. The van der Waals surface area contributed by atoms with Gasteiger partial charge < -0.3 is 9.88 Å². The first kappa shape index (κ1) is 14.3. The SMILES string of the molecule is CC(c1ccncc1)N(C)C(=O)c1c[nH]c(=O)c(Cl)c1. The maximum absolute atomic E-state index is 12.4. The summed E-state index contributed by atoms with van der Waals surface area (Å²) in [5, 5.41) is 0.000754. The number of H-pyrrole nitrogens is 1. The second kappa shape index (κ2) is 5.88. The molecule has 0 aliphatic heterocycles. The van der Waals surface area contributed by atoms with Gasteiger partial charge in [-0.1, -0.05) is 11.6 Å². The Balaban J connectivity index is 2.24. The van der Waals surface area contributed by atoms with Crippen LogP contribution in [0.5, 0.6) is 0 Å². The van der Waals surface area contributed by atoms with Crippen LogP contribution in [0.25, 0.3) is 0 Å². The van der Waals surface area contributed by atoms with E-state index in [4.69, 9.17) is 11.6 Å². The summed E-state index contributed by atoms with van der Waals surface area (Å²) in [6.07, 6.45) is 4.73. The van der Waals surface area contributed by atoms with Gasteiger partial charge in [-0.3, -0.25) is 14.6 Å². The van der Waals surface area contributed by atoms with Gasteiger partial charge in [0.1, 0.15) is 5.02 Å². The van der Waals surface area contributed by atoms with Gasteiger partial charge in [0.25, 0.3) is 11.5 Å². The molecule has 0 aromatic carbocycles. The first-order valence-electron chi connectivity index (χ1n) is 6.06. The second-order valence-corrected chi connectivity index (χ2v) is 4.85. The predicted molar refractivity (Wildman–Crippen MR) is 76.8 cm³/mol. The number of carbonyl (C=O) groups is 1. The van der Waals surface area contributed by atoms with E-state index < -0.39 is 5.56 Å². The Morgan fingerprint density at radius 2 is 2.05 bits per heavy atom. The van der Waals surface area contributed by atoms with Crippen LogP contribution >= 0.6 is 11.6 Å². The quantitative estimate of drug-likeness (QED) is 0.943. The van der Waals surface area contributed by atoms with Crippen LogP contribution in [0.2, 0.25) is 5.02 Å². The molecule has 104 valence electrons. The lowest BCUT2D eigenvalue weighted by atomic mass is 10.1. The monoisotopic (exact) mass is 291 g/mol. The van der Waals surface area contributed by atoms with Crippen LogP contribution in [0.4, 0.5) is 0 Å². The smallest absolute Gasteiger partial charge is 0.266 e. The Bertz CT molecular complexity index is 670. The Morgan fingerprint density at radius 3 is 2.65 bits per heavy atom. The standard InChI is InChI=1S/C14H14ClN3O2/c1-9(10-3-5-16-6-4-10)18(2)14(20)11-7-12(15)13(19)17-8-11/h3-9H,1-2H3,(H,17,19). The van der Waals surface area contributed by atoms with Crippen LogP contribution in [0.15, 0.2) is 41.6 Å². The second-order valence-electron chi connectivity index (χ2n) is 4.44. The molecule has 2 heterocycles. The normalized spacial score (nSPS) is 11.9. The summed E-state index contributed by atoms with van der Waals surface area (Å²) in [7, 11) is 1.70.